The lowest BCUT2D eigenvalue weighted by molar-refractivity contribution is -0.925. The van der Waals surface area contributed by atoms with Crippen LogP contribution in [0.4, 0.5) is 0 Å². The molecule has 0 amide bonds. The van der Waals surface area contributed by atoms with Gasteiger partial charge in [-0.05, 0) is 39.5 Å². The number of alkyl halides is 1. The van der Waals surface area contributed by atoms with Crippen LogP contribution in [0.5, 0.6) is 0 Å². The van der Waals surface area contributed by atoms with Crippen molar-refractivity contribution in [3.63, 3.8) is 0 Å². The molecule has 0 atom stereocenters. The van der Waals surface area contributed by atoms with Crippen LogP contribution in [0.25, 0.3) is 0 Å². The van der Waals surface area contributed by atoms with E-state index in [1.807, 2.05) is 0 Å². The average Bonchev–Trinajstić information content (AvgIpc) is 2.37. The molecule has 0 heterocycles. The Bertz CT molecular complexity index is 161. The predicted molar refractivity (Wildman–Crippen MR) is 79.8 cm³/mol. The summed E-state index contributed by atoms with van der Waals surface area (Å²) < 4.78 is 1.31. The normalized spacial score (nSPS) is 11.3. The number of hydrogen-bond acceptors (Lipinski definition) is 0. The van der Waals surface area contributed by atoms with Crippen molar-refractivity contribution in [3.05, 3.63) is 0 Å². The molecule has 0 aromatic carbocycles. The van der Waals surface area contributed by atoms with Gasteiger partial charge in [-0.1, -0.05) is 26.2 Å². The van der Waals surface area contributed by atoms with E-state index in [0.29, 0.717) is 0 Å². The zero-order valence-electron chi connectivity index (χ0n) is 12.7. The highest BCUT2D eigenvalue weighted by atomic mass is 79.9. The van der Waals surface area contributed by atoms with Crippen molar-refractivity contribution in [1.29, 1.82) is 0 Å². The van der Waals surface area contributed by atoms with Crippen LogP contribution in [-0.4, -0.2) is 36.5 Å². The molecule has 0 aliphatic rings. The molecule has 112 valence electrons. The van der Waals surface area contributed by atoms with Gasteiger partial charge in [0.15, 0.2) is 0 Å². The van der Waals surface area contributed by atoms with Gasteiger partial charge in [0.25, 0.3) is 0 Å². The first-order chi connectivity index (χ1) is 8.24. The zero-order valence-corrected chi connectivity index (χ0v) is 15.0. The average molecular weight is 343 g/mol. The highest BCUT2D eigenvalue weighted by Gasteiger charge is 2.21. The maximum Gasteiger partial charge on any atom is 0.0786 e. The van der Waals surface area contributed by atoms with Crippen LogP contribution in [0.1, 0.15) is 65.7 Å². The summed E-state index contributed by atoms with van der Waals surface area (Å²) in [5, 5.41) is 0. The molecule has 0 bridgehead atoms. The fourth-order valence-corrected chi connectivity index (χ4v) is 2.75. The Morgan fingerprint density at radius 2 is 1.22 bits per heavy atom. The summed E-state index contributed by atoms with van der Waals surface area (Å²) in [6.07, 6.45) is 9.47. The summed E-state index contributed by atoms with van der Waals surface area (Å²) in [6, 6.07) is 0. The Morgan fingerprint density at radius 3 is 1.67 bits per heavy atom. The van der Waals surface area contributed by atoms with E-state index in [2.05, 4.69) is 20.8 Å². The predicted octanol–water partition coefficient (Wildman–Crippen LogP) is 1.84. The second kappa shape index (κ2) is 14.1. The largest absolute Gasteiger partial charge is 1.00 e. The van der Waals surface area contributed by atoms with Gasteiger partial charge in [0, 0.05) is 5.88 Å². The van der Waals surface area contributed by atoms with Crippen LogP contribution in [0.15, 0.2) is 0 Å². The van der Waals surface area contributed by atoms with Gasteiger partial charge in [0.05, 0.1) is 26.2 Å². The van der Waals surface area contributed by atoms with Gasteiger partial charge in [0.2, 0.25) is 0 Å². The molecule has 0 aliphatic heterocycles. The van der Waals surface area contributed by atoms with Crippen LogP contribution < -0.4 is 17.0 Å². The summed E-state index contributed by atoms with van der Waals surface area (Å²) in [5.74, 6) is 0.823. The van der Waals surface area contributed by atoms with Gasteiger partial charge >= 0.3 is 0 Å². The summed E-state index contributed by atoms with van der Waals surface area (Å²) in [6.45, 7) is 12.2. The van der Waals surface area contributed by atoms with Crippen LogP contribution in [-0.2, 0) is 0 Å². The Labute approximate surface area is 131 Å². The Morgan fingerprint density at radius 1 is 0.722 bits per heavy atom. The fourth-order valence-electron chi connectivity index (χ4n) is 2.56. The fraction of sp³-hybridized carbons (Fsp3) is 1.00. The van der Waals surface area contributed by atoms with Crippen LogP contribution >= 0.6 is 11.6 Å². The molecule has 0 N–H and O–H groups in total. The second-order valence-corrected chi connectivity index (χ2v) is 5.61. The number of nitrogens with zero attached hydrogens (tertiary/aromatic N) is 1. The molecule has 0 spiro atoms. The van der Waals surface area contributed by atoms with Crippen LogP contribution in [0.2, 0.25) is 0 Å². The van der Waals surface area contributed by atoms with E-state index >= 15 is 0 Å². The number of rotatable bonds is 12. The molecule has 0 unspecified atom stereocenters. The minimum Gasteiger partial charge on any atom is -1.00 e. The lowest BCUT2D eigenvalue weighted by Crippen LogP contribution is -3.00. The van der Waals surface area contributed by atoms with Crippen LogP contribution in [0.3, 0.4) is 0 Å². The standard InChI is InChI=1S/C15H33ClN.BrH/c1-4-7-8-9-11-14-17(5-2,6-3)15-12-10-13-16;/h4-15H2,1-3H3;1H/q+1;/p-1. The first-order valence-electron chi connectivity index (χ1n) is 7.65. The number of halogens is 2. The first kappa shape index (κ1) is 21.0. The minimum atomic E-state index is 0. The van der Waals surface area contributed by atoms with Gasteiger partial charge in [-0.3, -0.25) is 0 Å². The van der Waals surface area contributed by atoms with Crippen molar-refractivity contribution in [1.82, 2.24) is 0 Å². The number of hydrogen-bond donors (Lipinski definition) is 0. The SMILES string of the molecule is CCCCCCC[N+](CC)(CC)CCCCCl.[Br-]. The maximum absolute atomic E-state index is 5.77. The molecule has 0 saturated heterocycles. The molecule has 1 nitrogen and oxygen atoms in total. The molecule has 0 aliphatic carbocycles. The van der Waals surface area contributed by atoms with Crippen molar-refractivity contribution in [2.75, 3.05) is 32.1 Å². The van der Waals surface area contributed by atoms with Gasteiger partial charge in [-0.25, -0.2) is 0 Å². The third-order valence-corrected chi connectivity index (χ3v) is 4.36. The summed E-state index contributed by atoms with van der Waals surface area (Å²) in [5.41, 5.74) is 0. The van der Waals surface area contributed by atoms with Gasteiger partial charge in [-0.15, -0.1) is 11.6 Å². The highest BCUT2D eigenvalue weighted by Crippen LogP contribution is 2.13. The third kappa shape index (κ3) is 9.63. The Kier molecular flexibility index (Phi) is 16.5. The van der Waals surface area contributed by atoms with E-state index in [1.165, 1.54) is 75.6 Å². The molecular formula is C15H33BrClN. The Balaban J connectivity index is 0. The first-order valence-corrected chi connectivity index (χ1v) is 8.19. The lowest BCUT2D eigenvalue weighted by atomic mass is 10.1. The molecule has 0 rings (SSSR count). The quantitative estimate of drug-likeness (QED) is 0.288. The van der Waals surface area contributed by atoms with Gasteiger partial charge in [0.1, 0.15) is 0 Å². The monoisotopic (exact) mass is 341 g/mol. The molecule has 0 aromatic rings. The van der Waals surface area contributed by atoms with Crippen molar-refractivity contribution in [3.8, 4) is 0 Å². The van der Waals surface area contributed by atoms with E-state index in [9.17, 15) is 0 Å². The molecule has 0 radical (unpaired) electrons. The third-order valence-electron chi connectivity index (χ3n) is 4.09. The van der Waals surface area contributed by atoms with Crippen molar-refractivity contribution >= 4 is 11.6 Å². The lowest BCUT2D eigenvalue weighted by Gasteiger charge is -2.37. The second-order valence-electron chi connectivity index (χ2n) is 5.23. The number of quaternary nitrogens is 1. The van der Waals surface area contributed by atoms with Crippen molar-refractivity contribution < 1.29 is 21.5 Å². The van der Waals surface area contributed by atoms with E-state index < -0.39 is 0 Å². The Hall–Kier alpha value is 0.730. The molecule has 0 saturated carbocycles. The maximum atomic E-state index is 5.77. The van der Waals surface area contributed by atoms with Crippen LogP contribution in [0, 0.1) is 0 Å². The topological polar surface area (TPSA) is 0 Å². The van der Waals surface area contributed by atoms with Crippen molar-refractivity contribution in [2.24, 2.45) is 0 Å². The smallest absolute Gasteiger partial charge is 0.0786 e. The van der Waals surface area contributed by atoms with E-state index in [0.717, 1.165) is 5.88 Å². The molecule has 0 aromatic heterocycles. The molecule has 0 fully saturated rings. The van der Waals surface area contributed by atoms with E-state index in [4.69, 9.17) is 11.6 Å². The molecule has 18 heavy (non-hydrogen) atoms. The number of unbranched alkanes of at least 4 members (excludes halogenated alkanes) is 5. The summed E-state index contributed by atoms with van der Waals surface area (Å²) in [4.78, 5) is 0. The van der Waals surface area contributed by atoms with E-state index in [1.54, 1.807) is 0 Å². The van der Waals surface area contributed by atoms with Gasteiger partial charge < -0.3 is 21.5 Å². The highest BCUT2D eigenvalue weighted by molar-refractivity contribution is 6.17. The summed E-state index contributed by atoms with van der Waals surface area (Å²) in [7, 11) is 0. The molecule has 3 heteroatoms. The van der Waals surface area contributed by atoms with Crippen molar-refractivity contribution in [2.45, 2.75) is 65.7 Å². The van der Waals surface area contributed by atoms with Gasteiger partial charge in [-0.2, -0.15) is 0 Å². The van der Waals surface area contributed by atoms with E-state index in [-0.39, 0.29) is 17.0 Å². The zero-order chi connectivity index (χ0) is 13.0. The summed E-state index contributed by atoms with van der Waals surface area (Å²) >= 11 is 5.77. The molecular weight excluding hydrogens is 310 g/mol. The minimum absolute atomic E-state index is 0.